The Morgan fingerprint density at radius 3 is 2.60 bits per heavy atom. The van der Waals surface area contributed by atoms with Crippen molar-refractivity contribution >= 4 is 5.91 Å². The normalized spacial score (nSPS) is 12.3. The van der Waals surface area contributed by atoms with Gasteiger partial charge in [-0.05, 0) is 20.8 Å². The first kappa shape index (κ1) is 11.5. The van der Waals surface area contributed by atoms with Gasteiger partial charge in [-0.25, -0.2) is 5.84 Å². The summed E-state index contributed by atoms with van der Waals surface area (Å²) in [7, 11) is 1.82. The van der Waals surface area contributed by atoms with Gasteiger partial charge in [-0.1, -0.05) is 0 Å². The van der Waals surface area contributed by atoms with E-state index in [0.29, 0.717) is 5.75 Å². The SMILES string of the molecule is Cc1nn(C)c(C)c1OC(C)C(=O)NN. The van der Waals surface area contributed by atoms with Crippen LogP contribution in [0.3, 0.4) is 0 Å². The minimum atomic E-state index is -0.628. The van der Waals surface area contributed by atoms with Crippen LogP contribution in [0.5, 0.6) is 5.75 Å². The maximum atomic E-state index is 11.2. The molecule has 0 radical (unpaired) electrons. The van der Waals surface area contributed by atoms with Gasteiger partial charge in [-0.3, -0.25) is 14.9 Å². The van der Waals surface area contributed by atoms with Crippen molar-refractivity contribution in [3.63, 3.8) is 0 Å². The van der Waals surface area contributed by atoms with Crippen LogP contribution in [0.15, 0.2) is 0 Å². The molecule has 1 aromatic rings. The second kappa shape index (κ2) is 4.31. The standard InChI is InChI=1S/C9H16N4O2/c1-5-8(6(2)13(4)12-5)15-7(3)9(14)11-10/h7H,10H2,1-4H3,(H,11,14). The molecule has 1 amide bonds. The third-order valence-corrected chi connectivity index (χ3v) is 2.25. The van der Waals surface area contributed by atoms with Crippen molar-refractivity contribution in [1.82, 2.24) is 15.2 Å². The molecule has 0 bridgehead atoms. The number of aromatic nitrogens is 2. The molecular weight excluding hydrogens is 196 g/mol. The molecule has 1 rings (SSSR count). The molecule has 0 aliphatic rings. The number of hydrogen-bond donors (Lipinski definition) is 2. The predicted molar refractivity (Wildman–Crippen MR) is 55.1 cm³/mol. The van der Waals surface area contributed by atoms with E-state index >= 15 is 0 Å². The minimum Gasteiger partial charge on any atom is -0.477 e. The van der Waals surface area contributed by atoms with Crippen LogP contribution in [0.25, 0.3) is 0 Å². The van der Waals surface area contributed by atoms with Crippen molar-refractivity contribution in [2.45, 2.75) is 26.9 Å². The first-order valence-corrected chi connectivity index (χ1v) is 4.64. The van der Waals surface area contributed by atoms with Gasteiger partial charge in [0.2, 0.25) is 0 Å². The average Bonchev–Trinajstić information content (AvgIpc) is 2.43. The summed E-state index contributed by atoms with van der Waals surface area (Å²) in [4.78, 5) is 11.2. The summed E-state index contributed by atoms with van der Waals surface area (Å²) in [6.45, 7) is 5.34. The quantitative estimate of drug-likeness (QED) is 0.413. The molecule has 84 valence electrons. The monoisotopic (exact) mass is 212 g/mol. The molecule has 6 heteroatoms. The molecule has 1 atom stereocenters. The van der Waals surface area contributed by atoms with Crippen LogP contribution in [-0.4, -0.2) is 21.8 Å². The van der Waals surface area contributed by atoms with E-state index < -0.39 is 6.10 Å². The van der Waals surface area contributed by atoms with Gasteiger partial charge in [0, 0.05) is 7.05 Å². The number of hydrogen-bond acceptors (Lipinski definition) is 4. The third-order valence-electron chi connectivity index (χ3n) is 2.25. The molecule has 1 unspecified atom stereocenters. The lowest BCUT2D eigenvalue weighted by atomic mass is 10.3. The Hall–Kier alpha value is -1.56. The predicted octanol–water partition coefficient (Wildman–Crippen LogP) is -0.206. The van der Waals surface area contributed by atoms with Crippen LogP contribution in [0.4, 0.5) is 0 Å². The molecule has 0 saturated carbocycles. The molecule has 15 heavy (non-hydrogen) atoms. The molecule has 0 aromatic carbocycles. The summed E-state index contributed by atoms with van der Waals surface area (Å²) < 4.78 is 7.18. The molecule has 1 aromatic heterocycles. The second-order valence-electron chi connectivity index (χ2n) is 3.39. The van der Waals surface area contributed by atoms with Crippen LogP contribution in [0, 0.1) is 13.8 Å². The highest BCUT2D eigenvalue weighted by Crippen LogP contribution is 2.22. The smallest absolute Gasteiger partial charge is 0.274 e. The number of aryl methyl sites for hydroxylation is 2. The van der Waals surface area contributed by atoms with E-state index in [1.54, 1.807) is 11.6 Å². The number of nitrogens with two attached hydrogens (primary N) is 1. The van der Waals surface area contributed by atoms with E-state index in [9.17, 15) is 4.79 Å². The van der Waals surface area contributed by atoms with Gasteiger partial charge in [0.05, 0.1) is 5.69 Å². The van der Waals surface area contributed by atoms with Gasteiger partial charge < -0.3 is 4.74 Å². The summed E-state index contributed by atoms with van der Waals surface area (Å²) >= 11 is 0. The molecule has 0 spiro atoms. The Balaban J connectivity index is 2.85. The van der Waals surface area contributed by atoms with E-state index in [-0.39, 0.29) is 5.91 Å². The van der Waals surface area contributed by atoms with E-state index in [1.165, 1.54) is 0 Å². The Bertz CT molecular complexity index is 372. The zero-order chi connectivity index (χ0) is 11.6. The molecule has 0 fully saturated rings. The fourth-order valence-corrected chi connectivity index (χ4v) is 1.27. The molecule has 0 saturated heterocycles. The van der Waals surface area contributed by atoms with Crippen molar-refractivity contribution in [1.29, 1.82) is 0 Å². The highest BCUT2D eigenvalue weighted by atomic mass is 16.5. The number of carbonyl (C=O) groups excluding carboxylic acids is 1. The summed E-state index contributed by atoms with van der Waals surface area (Å²) in [6, 6.07) is 0. The van der Waals surface area contributed by atoms with E-state index in [2.05, 4.69) is 5.10 Å². The lowest BCUT2D eigenvalue weighted by Crippen LogP contribution is -2.40. The zero-order valence-electron chi connectivity index (χ0n) is 9.37. The van der Waals surface area contributed by atoms with Gasteiger partial charge in [-0.15, -0.1) is 0 Å². The lowest BCUT2D eigenvalue weighted by molar-refractivity contribution is -0.127. The van der Waals surface area contributed by atoms with E-state index in [4.69, 9.17) is 10.6 Å². The van der Waals surface area contributed by atoms with Crippen LogP contribution >= 0.6 is 0 Å². The Morgan fingerprint density at radius 2 is 2.20 bits per heavy atom. The number of ether oxygens (including phenoxy) is 1. The molecule has 3 N–H and O–H groups in total. The highest BCUT2D eigenvalue weighted by molar-refractivity contribution is 5.80. The number of carbonyl (C=O) groups is 1. The first-order chi connectivity index (χ1) is 6.97. The van der Waals surface area contributed by atoms with Gasteiger partial charge in [0.25, 0.3) is 5.91 Å². The third kappa shape index (κ3) is 2.27. The molecule has 0 aliphatic heterocycles. The largest absolute Gasteiger partial charge is 0.477 e. The molecule has 6 nitrogen and oxygen atoms in total. The maximum absolute atomic E-state index is 11.2. The summed E-state index contributed by atoms with van der Waals surface area (Å²) in [6.07, 6.45) is -0.628. The highest BCUT2D eigenvalue weighted by Gasteiger charge is 2.18. The summed E-state index contributed by atoms with van der Waals surface area (Å²) in [5, 5.41) is 4.18. The van der Waals surface area contributed by atoms with Gasteiger partial charge in [0.1, 0.15) is 5.69 Å². The van der Waals surface area contributed by atoms with E-state index in [0.717, 1.165) is 11.4 Å². The topological polar surface area (TPSA) is 82.2 Å². The lowest BCUT2D eigenvalue weighted by Gasteiger charge is -2.12. The number of amides is 1. The Kier molecular flexibility index (Phi) is 3.31. The summed E-state index contributed by atoms with van der Waals surface area (Å²) in [5.74, 6) is 5.28. The number of nitrogens with zero attached hydrogens (tertiary/aromatic N) is 2. The fourth-order valence-electron chi connectivity index (χ4n) is 1.27. The Labute approximate surface area is 88.4 Å². The van der Waals surface area contributed by atoms with Crippen molar-refractivity contribution in [2.75, 3.05) is 0 Å². The zero-order valence-corrected chi connectivity index (χ0v) is 9.37. The number of nitrogens with one attached hydrogen (secondary N) is 1. The van der Waals surface area contributed by atoms with Crippen molar-refractivity contribution in [2.24, 2.45) is 12.9 Å². The summed E-state index contributed by atoms with van der Waals surface area (Å²) in [5.41, 5.74) is 3.67. The molecular formula is C9H16N4O2. The van der Waals surface area contributed by atoms with Crippen molar-refractivity contribution in [3.8, 4) is 5.75 Å². The van der Waals surface area contributed by atoms with Crippen molar-refractivity contribution < 1.29 is 9.53 Å². The average molecular weight is 212 g/mol. The fraction of sp³-hybridized carbons (Fsp3) is 0.556. The molecule has 1 heterocycles. The first-order valence-electron chi connectivity index (χ1n) is 4.64. The maximum Gasteiger partial charge on any atom is 0.274 e. The van der Waals surface area contributed by atoms with Gasteiger partial charge in [0.15, 0.2) is 11.9 Å². The van der Waals surface area contributed by atoms with Crippen LogP contribution in [0.1, 0.15) is 18.3 Å². The van der Waals surface area contributed by atoms with E-state index in [1.807, 2.05) is 26.3 Å². The number of rotatable bonds is 3. The number of hydrazine groups is 1. The van der Waals surface area contributed by atoms with Crippen molar-refractivity contribution in [3.05, 3.63) is 11.4 Å². The molecule has 0 aliphatic carbocycles. The van der Waals surface area contributed by atoms with Crippen LogP contribution < -0.4 is 16.0 Å². The van der Waals surface area contributed by atoms with Gasteiger partial charge >= 0.3 is 0 Å². The van der Waals surface area contributed by atoms with Crippen LogP contribution in [-0.2, 0) is 11.8 Å². The van der Waals surface area contributed by atoms with Gasteiger partial charge in [-0.2, -0.15) is 5.10 Å². The Morgan fingerprint density at radius 1 is 1.60 bits per heavy atom. The minimum absolute atomic E-state index is 0.363. The second-order valence-corrected chi connectivity index (χ2v) is 3.39. The van der Waals surface area contributed by atoms with Crippen LogP contribution in [0.2, 0.25) is 0 Å².